The average molecular weight is 394 g/mol. The number of rotatable bonds is 6. The van der Waals surface area contributed by atoms with Gasteiger partial charge in [-0.15, -0.1) is 0 Å². The number of benzene rings is 1. The van der Waals surface area contributed by atoms with Crippen LogP contribution in [0.25, 0.3) is 0 Å². The van der Waals surface area contributed by atoms with Crippen molar-refractivity contribution < 1.29 is 23.5 Å². The van der Waals surface area contributed by atoms with Gasteiger partial charge in [0.05, 0.1) is 0 Å². The van der Waals surface area contributed by atoms with Crippen LogP contribution in [0.1, 0.15) is 41.1 Å². The number of carboxylic acid groups (broad SMARTS) is 1. The molecule has 1 aliphatic heterocycles. The first-order valence-electron chi connectivity index (χ1n) is 9.01. The maximum Gasteiger partial charge on any atom is 0.333 e. The number of fused-ring (bicyclic) bond motifs is 1. The lowest BCUT2D eigenvalue weighted by Crippen LogP contribution is -2.33. The zero-order valence-electron chi connectivity index (χ0n) is 15.6. The maximum atomic E-state index is 12.7. The highest BCUT2D eigenvalue weighted by Gasteiger charge is 2.18. The number of nitrogens with one attached hydrogen (secondary N) is 1. The van der Waals surface area contributed by atoms with E-state index in [0.29, 0.717) is 11.2 Å². The average Bonchev–Trinajstić information content (AvgIpc) is 3.08. The molecule has 1 amide bonds. The van der Waals surface area contributed by atoms with Crippen molar-refractivity contribution in [3.63, 3.8) is 0 Å². The van der Waals surface area contributed by atoms with Gasteiger partial charge in [0, 0.05) is 31.0 Å². The van der Waals surface area contributed by atoms with Gasteiger partial charge >= 0.3 is 6.55 Å². The van der Waals surface area contributed by atoms with Gasteiger partial charge in [-0.1, -0.05) is 18.2 Å². The molecule has 0 bridgehead atoms. The molecule has 1 aromatic heterocycles. The molecule has 0 saturated heterocycles. The zero-order chi connectivity index (χ0) is 20.5. The first-order valence-corrected chi connectivity index (χ1v) is 9.01. The molecule has 2 heterocycles. The topological polar surface area (TPSA) is 87.5 Å². The van der Waals surface area contributed by atoms with E-state index in [2.05, 4.69) is 33.5 Å². The summed E-state index contributed by atoms with van der Waals surface area (Å²) in [6.45, 7) is 0.868. The summed E-state index contributed by atoms with van der Waals surface area (Å²) in [4.78, 5) is 22.7. The summed E-state index contributed by atoms with van der Waals surface area (Å²) in [5.41, 5.74) is 2.93. The van der Waals surface area contributed by atoms with Crippen molar-refractivity contribution in [2.24, 2.45) is 0 Å². The lowest BCUT2D eigenvalue weighted by atomic mass is 10.0. The minimum absolute atomic E-state index is 0.0288. The van der Waals surface area contributed by atoms with Crippen molar-refractivity contribution in [2.75, 3.05) is 24.5 Å². The van der Waals surface area contributed by atoms with Gasteiger partial charge in [0.15, 0.2) is 5.69 Å². The number of carbonyl (C=O) groups is 2. The summed E-state index contributed by atoms with van der Waals surface area (Å²) in [6, 6.07) is 9.77. The van der Waals surface area contributed by atoms with Crippen LogP contribution in [0.15, 0.2) is 30.3 Å². The Kier molecular flexibility index (Phi) is 7.91. The molecule has 2 aromatic rings. The number of hydrogen-bond donors (Lipinski definition) is 2. The molecule has 0 saturated carbocycles. The highest BCUT2D eigenvalue weighted by molar-refractivity contribution is 5.92. The van der Waals surface area contributed by atoms with Crippen LogP contribution >= 0.6 is 0 Å². The number of aryl methyl sites for hydroxylation is 2. The smallest absolute Gasteiger partial charge is 0.333 e. The second-order valence-corrected chi connectivity index (χ2v) is 6.33. The maximum absolute atomic E-state index is 12.7. The quantitative estimate of drug-likeness (QED) is 0.581. The minimum atomic E-state index is -2.74. The molecule has 0 atom stereocenters. The van der Waals surface area contributed by atoms with Crippen LogP contribution in [0.2, 0.25) is 0 Å². The fraction of sp³-hybridized carbons (Fsp3) is 0.421. The van der Waals surface area contributed by atoms with Crippen molar-refractivity contribution in [1.29, 1.82) is 0 Å². The molecule has 152 valence electrons. The Balaban J connectivity index is 0.000000878. The number of para-hydroxylation sites is 1. The highest BCUT2D eigenvalue weighted by Crippen LogP contribution is 2.26. The fourth-order valence-electron chi connectivity index (χ4n) is 3.20. The highest BCUT2D eigenvalue weighted by atomic mass is 19.3. The summed E-state index contributed by atoms with van der Waals surface area (Å²) in [6.07, 6.45) is 3.03. The van der Waals surface area contributed by atoms with Crippen LogP contribution in [0.4, 0.5) is 14.5 Å². The van der Waals surface area contributed by atoms with E-state index in [1.54, 1.807) is 0 Å². The number of halogens is 2. The summed E-state index contributed by atoms with van der Waals surface area (Å²) in [5.74, 6) is -0.415. The SMILES string of the molecule is Cc1cc(C(=O)NCCCN2CCCc3ccccc32)nn1C(F)F.O=CO. The molecule has 1 aromatic carbocycles. The first kappa shape index (κ1) is 21.3. The van der Waals surface area contributed by atoms with E-state index in [4.69, 9.17) is 9.90 Å². The number of nitrogens with zero attached hydrogens (tertiary/aromatic N) is 3. The predicted molar refractivity (Wildman–Crippen MR) is 101 cm³/mol. The van der Waals surface area contributed by atoms with Gasteiger partial charge in [0.1, 0.15) is 0 Å². The van der Waals surface area contributed by atoms with E-state index in [9.17, 15) is 13.6 Å². The Labute approximate surface area is 162 Å². The molecule has 0 unspecified atom stereocenters. The van der Waals surface area contributed by atoms with Crippen molar-refractivity contribution in [2.45, 2.75) is 32.7 Å². The summed E-state index contributed by atoms with van der Waals surface area (Å²) < 4.78 is 26.0. The Morgan fingerprint density at radius 3 is 2.79 bits per heavy atom. The monoisotopic (exact) mass is 394 g/mol. The molecule has 0 fully saturated rings. The van der Waals surface area contributed by atoms with Gasteiger partial charge < -0.3 is 15.3 Å². The normalized spacial score (nSPS) is 12.8. The third kappa shape index (κ3) is 5.51. The Hall–Kier alpha value is -2.97. The van der Waals surface area contributed by atoms with Crippen LogP contribution < -0.4 is 10.2 Å². The molecule has 2 N–H and O–H groups in total. The van der Waals surface area contributed by atoms with Crippen molar-refractivity contribution >= 4 is 18.1 Å². The van der Waals surface area contributed by atoms with Crippen LogP contribution in [-0.2, 0) is 11.2 Å². The van der Waals surface area contributed by atoms with Gasteiger partial charge in [0.25, 0.3) is 12.4 Å². The van der Waals surface area contributed by atoms with E-state index < -0.39 is 12.5 Å². The lowest BCUT2D eigenvalue weighted by Gasteiger charge is -2.31. The van der Waals surface area contributed by atoms with Gasteiger partial charge in [-0.05, 0) is 43.9 Å². The summed E-state index contributed by atoms with van der Waals surface area (Å²) >= 11 is 0. The second kappa shape index (κ2) is 10.4. The van der Waals surface area contributed by atoms with Crippen LogP contribution in [0, 0.1) is 6.92 Å². The summed E-state index contributed by atoms with van der Waals surface area (Å²) in [7, 11) is 0. The third-order valence-corrected chi connectivity index (χ3v) is 4.44. The standard InChI is InChI=1S/C18H22F2N4O.CH2O2/c1-13-12-15(22-24(13)18(19)20)17(25)21-9-5-11-23-10-4-7-14-6-2-3-8-16(14)23;2-1-3/h2-3,6,8,12,18H,4-5,7,9-11H2,1H3,(H,21,25);1H,(H,2,3). The van der Waals surface area contributed by atoms with E-state index in [-0.39, 0.29) is 17.9 Å². The third-order valence-electron chi connectivity index (χ3n) is 4.44. The molecule has 3 rings (SSSR count). The largest absolute Gasteiger partial charge is 0.483 e. The Morgan fingerprint density at radius 2 is 2.11 bits per heavy atom. The van der Waals surface area contributed by atoms with Crippen molar-refractivity contribution in [1.82, 2.24) is 15.1 Å². The zero-order valence-corrected chi connectivity index (χ0v) is 15.6. The first-order chi connectivity index (χ1) is 13.5. The van der Waals surface area contributed by atoms with Crippen LogP contribution in [0.3, 0.4) is 0 Å². The van der Waals surface area contributed by atoms with E-state index in [1.165, 1.54) is 24.2 Å². The number of carbonyl (C=O) groups excluding carboxylic acids is 1. The summed E-state index contributed by atoms with van der Waals surface area (Å²) in [5, 5.41) is 13.3. The van der Waals surface area contributed by atoms with Crippen LogP contribution in [0.5, 0.6) is 0 Å². The Morgan fingerprint density at radius 1 is 1.39 bits per heavy atom. The molecule has 0 aliphatic carbocycles. The molecule has 0 spiro atoms. The number of aromatic nitrogens is 2. The second-order valence-electron chi connectivity index (χ2n) is 6.33. The predicted octanol–water partition coefficient (Wildman–Crippen LogP) is 2.86. The van der Waals surface area contributed by atoms with Gasteiger partial charge in [-0.25, -0.2) is 4.68 Å². The number of anilines is 1. The number of amides is 1. The molecular weight excluding hydrogens is 370 g/mol. The number of alkyl halides is 2. The van der Waals surface area contributed by atoms with Crippen molar-refractivity contribution in [3.8, 4) is 0 Å². The minimum Gasteiger partial charge on any atom is -0.483 e. The van der Waals surface area contributed by atoms with E-state index >= 15 is 0 Å². The van der Waals surface area contributed by atoms with Crippen LogP contribution in [-0.4, -0.2) is 46.9 Å². The van der Waals surface area contributed by atoms with Gasteiger partial charge in [-0.3, -0.25) is 9.59 Å². The van der Waals surface area contributed by atoms with Crippen molar-refractivity contribution in [3.05, 3.63) is 47.3 Å². The molecule has 1 aliphatic rings. The van der Waals surface area contributed by atoms with Gasteiger partial charge in [0.2, 0.25) is 0 Å². The molecule has 28 heavy (non-hydrogen) atoms. The molecule has 9 heteroatoms. The van der Waals surface area contributed by atoms with E-state index in [1.807, 2.05) is 6.07 Å². The molecule has 7 nitrogen and oxygen atoms in total. The molecule has 0 radical (unpaired) electrons. The number of hydrogen-bond acceptors (Lipinski definition) is 4. The van der Waals surface area contributed by atoms with E-state index in [0.717, 1.165) is 32.4 Å². The lowest BCUT2D eigenvalue weighted by molar-refractivity contribution is -0.122. The fourth-order valence-corrected chi connectivity index (χ4v) is 3.20. The Bertz CT molecular complexity index is 795. The van der Waals surface area contributed by atoms with Gasteiger partial charge in [-0.2, -0.15) is 13.9 Å². The molecular formula is C19H24F2N4O3.